The van der Waals surface area contributed by atoms with Gasteiger partial charge in [0.15, 0.2) is 0 Å². The van der Waals surface area contributed by atoms with Crippen LogP contribution in [-0.2, 0) is 13.2 Å². The molecule has 28 heavy (non-hydrogen) atoms. The SMILES string of the molecule is Cn1nnnc1NC(=O)N1CCC2(CC1)CC(c1cccc(C(F)(F)F)c1)C2. The number of amides is 2. The number of carbonyl (C=O) groups is 1. The molecule has 0 radical (unpaired) electrons. The van der Waals surface area contributed by atoms with Gasteiger partial charge in [-0.2, -0.15) is 13.2 Å². The number of hydrogen-bond acceptors (Lipinski definition) is 4. The molecule has 0 unspecified atom stereocenters. The maximum atomic E-state index is 12.9. The van der Waals surface area contributed by atoms with Gasteiger partial charge in [0.05, 0.1) is 5.56 Å². The summed E-state index contributed by atoms with van der Waals surface area (Å²) < 4.78 is 40.2. The normalized spacial score (nSPS) is 19.5. The molecule has 4 rings (SSSR count). The fraction of sp³-hybridized carbons (Fsp3) is 0.556. The van der Waals surface area contributed by atoms with Crippen LogP contribution in [0.2, 0.25) is 0 Å². The van der Waals surface area contributed by atoms with Crippen LogP contribution in [-0.4, -0.2) is 44.2 Å². The molecule has 1 aromatic carbocycles. The molecule has 1 N–H and O–H groups in total. The summed E-state index contributed by atoms with van der Waals surface area (Å²) in [6.07, 6.45) is -0.859. The first-order valence-corrected chi connectivity index (χ1v) is 9.21. The molecule has 2 fully saturated rings. The van der Waals surface area contributed by atoms with E-state index in [2.05, 4.69) is 20.8 Å². The second kappa shape index (κ2) is 6.75. The predicted octanol–water partition coefficient (Wildman–Crippen LogP) is 3.42. The van der Waals surface area contributed by atoms with Crippen LogP contribution < -0.4 is 5.32 Å². The van der Waals surface area contributed by atoms with Gasteiger partial charge in [-0.05, 0) is 59.1 Å². The summed E-state index contributed by atoms with van der Waals surface area (Å²) in [5, 5.41) is 13.6. The number of aromatic nitrogens is 4. The summed E-state index contributed by atoms with van der Waals surface area (Å²) in [7, 11) is 1.64. The topological polar surface area (TPSA) is 75.9 Å². The molecule has 2 amide bonds. The second-order valence-corrected chi connectivity index (χ2v) is 7.77. The van der Waals surface area contributed by atoms with Crippen molar-refractivity contribution in [3.63, 3.8) is 0 Å². The van der Waals surface area contributed by atoms with Crippen LogP contribution in [0.3, 0.4) is 0 Å². The summed E-state index contributed by atoms with van der Waals surface area (Å²) >= 11 is 0. The van der Waals surface area contributed by atoms with Crippen LogP contribution in [0, 0.1) is 5.41 Å². The largest absolute Gasteiger partial charge is 0.416 e. The Morgan fingerprint density at radius 2 is 1.96 bits per heavy atom. The maximum Gasteiger partial charge on any atom is 0.416 e. The van der Waals surface area contributed by atoms with Crippen molar-refractivity contribution in [1.82, 2.24) is 25.1 Å². The number of likely N-dealkylation sites (tertiary alicyclic amines) is 1. The Labute approximate surface area is 159 Å². The summed E-state index contributed by atoms with van der Waals surface area (Å²) in [6.45, 7) is 1.23. The van der Waals surface area contributed by atoms with Crippen LogP contribution in [0.15, 0.2) is 24.3 Å². The number of carbonyl (C=O) groups excluding carboxylic acids is 1. The lowest BCUT2D eigenvalue weighted by Gasteiger charge is -2.52. The Balaban J connectivity index is 1.32. The molecule has 1 spiro atoms. The quantitative estimate of drug-likeness (QED) is 0.847. The molecule has 1 saturated heterocycles. The third-order valence-corrected chi connectivity index (χ3v) is 5.99. The highest BCUT2D eigenvalue weighted by atomic mass is 19.4. The first-order valence-electron chi connectivity index (χ1n) is 9.21. The van der Waals surface area contributed by atoms with Crippen molar-refractivity contribution in [2.45, 2.75) is 37.8 Å². The Bertz CT molecular complexity index is 864. The standard InChI is InChI=1S/C18H21F3N6O/c1-26-15(23-24-25-26)22-16(28)27-7-5-17(6-8-27)10-13(11-17)12-3-2-4-14(9-12)18(19,20)21/h2-4,9,13H,5-8,10-11H2,1H3,(H,22,23,25,28). The lowest BCUT2D eigenvalue weighted by atomic mass is 9.56. The zero-order valence-electron chi connectivity index (χ0n) is 15.4. The Morgan fingerprint density at radius 3 is 2.57 bits per heavy atom. The Hall–Kier alpha value is -2.65. The smallest absolute Gasteiger partial charge is 0.324 e. The number of aryl methyl sites for hydroxylation is 1. The van der Waals surface area contributed by atoms with E-state index in [9.17, 15) is 18.0 Å². The third kappa shape index (κ3) is 3.55. The minimum Gasteiger partial charge on any atom is -0.324 e. The third-order valence-electron chi connectivity index (χ3n) is 5.99. The number of urea groups is 1. The molecule has 1 saturated carbocycles. The number of hydrogen-bond donors (Lipinski definition) is 1. The van der Waals surface area contributed by atoms with Crippen molar-refractivity contribution in [3.8, 4) is 0 Å². The lowest BCUT2D eigenvalue weighted by Crippen LogP contribution is -2.49. The molecule has 1 aliphatic heterocycles. The number of alkyl halides is 3. The van der Waals surface area contributed by atoms with Crippen LogP contribution >= 0.6 is 0 Å². The molecular formula is C18H21F3N6O. The molecule has 1 aliphatic carbocycles. The molecule has 2 aliphatic rings. The molecule has 1 aromatic heterocycles. The number of piperidine rings is 1. The predicted molar refractivity (Wildman–Crippen MR) is 94.5 cm³/mol. The van der Waals surface area contributed by atoms with Crippen molar-refractivity contribution in [2.75, 3.05) is 18.4 Å². The van der Waals surface area contributed by atoms with Gasteiger partial charge in [-0.15, -0.1) is 0 Å². The summed E-state index contributed by atoms with van der Waals surface area (Å²) in [5.74, 6) is 0.450. The van der Waals surface area contributed by atoms with E-state index in [1.165, 1.54) is 16.8 Å². The average molecular weight is 394 g/mol. The molecule has 150 valence electrons. The van der Waals surface area contributed by atoms with E-state index in [1.54, 1.807) is 18.0 Å². The highest BCUT2D eigenvalue weighted by molar-refractivity contribution is 5.87. The minimum absolute atomic E-state index is 0.127. The molecule has 7 nitrogen and oxygen atoms in total. The monoisotopic (exact) mass is 394 g/mol. The number of nitrogens with one attached hydrogen (secondary N) is 1. The first kappa shape index (κ1) is 18.7. The van der Waals surface area contributed by atoms with Crippen molar-refractivity contribution < 1.29 is 18.0 Å². The van der Waals surface area contributed by atoms with Gasteiger partial charge in [0, 0.05) is 20.1 Å². The van der Waals surface area contributed by atoms with Gasteiger partial charge in [0.25, 0.3) is 5.95 Å². The number of anilines is 1. The fourth-order valence-corrected chi connectivity index (χ4v) is 4.29. The maximum absolute atomic E-state index is 12.9. The highest BCUT2D eigenvalue weighted by Gasteiger charge is 2.47. The Kier molecular flexibility index (Phi) is 4.51. The van der Waals surface area contributed by atoms with E-state index in [0.29, 0.717) is 19.0 Å². The van der Waals surface area contributed by atoms with Crippen LogP contribution in [0.25, 0.3) is 0 Å². The van der Waals surface area contributed by atoms with Gasteiger partial charge >= 0.3 is 12.2 Å². The molecule has 10 heteroatoms. The van der Waals surface area contributed by atoms with E-state index >= 15 is 0 Å². The van der Waals surface area contributed by atoms with Crippen LogP contribution in [0.5, 0.6) is 0 Å². The minimum atomic E-state index is -4.31. The van der Waals surface area contributed by atoms with E-state index in [1.807, 2.05) is 0 Å². The van der Waals surface area contributed by atoms with Gasteiger partial charge in [-0.1, -0.05) is 23.3 Å². The second-order valence-electron chi connectivity index (χ2n) is 7.77. The van der Waals surface area contributed by atoms with Gasteiger partial charge < -0.3 is 4.90 Å². The van der Waals surface area contributed by atoms with Crippen molar-refractivity contribution in [3.05, 3.63) is 35.4 Å². The number of rotatable bonds is 2. The summed E-state index contributed by atoms with van der Waals surface area (Å²) in [5.41, 5.74) is 0.299. The summed E-state index contributed by atoms with van der Waals surface area (Å²) in [4.78, 5) is 14.1. The van der Waals surface area contributed by atoms with Crippen molar-refractivity contribution in [1.29, 1.82) is 0 Å². The fourth-order valence-electron chi connectivity index (χ4n) is 4.29. The molecule has 2 heterocycles. The molecule has 0 bridgehead atoms. The zero-order valence-corrected chi connectivity index (χ0v) is 15.4. The molecular weight excluding hydrogens is 373 g/mol. The van der Waals surface area contributed by atoms with Crippen molar-refractivity contribution in [2.24, 2.45) is 12.5 Å². The van der Waals surface area contributed by atoms with Crippen LogP contribution in [0.4, 0.5) is 23.9 Å². The van der Waals surface area contributed by atoms with Crippen LogP contribution in [0.1, 0.15) is 42.7 Å². The first-order chi connectivity index (χ1) is 13.3. The molecule has 2 aromatic rings. The van der Waals surface area contributed by atoms with Crippen molar-refractivity contribution >= 4 is 12.0 Å². The van der Waals surface area contributed by atoms with Gasteiger partial charge in [0.2, 0.25) is 0 Å². The van der Waals surface area contributed by atoms with E-state index in [4.69, 9.17) is 0 Å². The number of nitrogens with zero attached hydrogens (tertiary/aromatic N) is 5. The van der Waals surface area contributed by atoms with E-state index in [-0.39, 0.29) is 17.4 Å². The lowest BCUT2D eigenvalue weighted by molar-refractivity contribution is -0.137. The molecule has 0 atom stereocenters. The highest BCUT2D eigenvalue weighted by Crippen LogP contribution is 2.56. The Morgan fingerprint density at radius 1 is 1.25 bits per heavy atom. The van der Waals surface area contributed by atoms with E-state index < -0.39 is 11.7 Å². The number of benzene rings is 1. The van der Waals surface area contributed by atoms with Gasteiger partial charge in [-0.3, -0.25) is 5.32 Å². The number of tetrazole rings is 1. The average Bonchev–Trinajstić information content (AvgIpc) is 3.04. The van der Waals surface area contributed by atoms with Gasteiger partial charge in [-0.25, -0.2) is 9.48 Å². The van der Waals surface area contributed by atoms with Gasteiger partial charge in [0.1, 0.15) is 0 Å². The summed E-state index contributed by atoms with van der Waals surface area (Å²) in [6, 6.07) is 5.42. The number of halogens is 3. The van der Waals surface area contributed by atoms with E-state index in [0.717, 1.165) is 37.3 Å². The zero-order chi connectivity index (χ0) is 19.9.